The zero-order valence-corrected chi connectivity index (χ0v) is 15.7. The summed E-state index contributed by atoms with van der Waals surface area (Å²) < 4.78 is 0. The summed E-state index contributed by atoms with van der Waals surface area (Å²) in [6, 6.07) is 17.3. The largest absolute Gasteiger partial charge is 0.317 e. The van der Waals surface area contributed by atoms with Crippen LogP contribution >= 0.6 is 22.9 Å². The molecule has 0 saturated carbocycles. The summed E-state index contributed by atoms with van der Waals surface area (Å²) in [5, 5.41) is 10.5. The third-order valence-electron chi connectivity index (χ3n) is 4.01. The quantitative estimate of drug-likeness (QED) is 0.552. The smallest absolute Gasteiger partial charge is 0.190 e. The van der Waals surface area contributed by atoms with Crippen molar-refractivity contribution < 1.29 is 4.79 Å². The molecule has 1 aromatic heterocycles. The van der Waals surface area contributed by atoms with E-state index in [4.69, 9.17) is 16.9 Å². The fraction of sp³-hybridized carbons (Fsp3) is 0.150. The average Bonchev–Trinajstić information content (AvgIpc) is 3.04. The first-order valence-electron chi connectivity index (χ1n) is 8.05. The number of anilines is 2. The van der Waals surface area contributed by atoms with Gasteiger partial charge in [0.05, 0.1) is 11.6 Å². The Labute approximate surface area is 161 Å². The number of carbonyl (C=O) groups is 1. The number of benzene rings is 2. The maximum absolute atomic E-state index is 11.2. The van der Waals surface area contributed by atoms with Crippen molar-refractivity contribution in [3.05, 3.63) is 75.3 Å². The molecule has 0 aliphatic rings. The van der Waals surface area contributed by atoms with Crippen LogP contribution in [0.3, 0.4) is 0 Å². The van der Waals surface area contributed by atoms with Gasteiger partial charge in [0.2, 0.25) is 0 Å². The Kier molecular flexibility index (Phi) is 5.67. The van der Waals surface area contributed by atoms with Gasteiger partial charge in [-0.15, -0.1) is 11.3 Å². The molecule has 0 aliphatic heterocycles. The van der Waals surface area contributed by atoms with E-state index in [9.17, 15) is 4.79 Å². The first kappa shape index (κ1) is 18.1. The Morgan fingerprint density at radius 1 is 1.19 bits per heavy atom. The van der Waals surface area contributed by atoms with Crippen molar-refractivity contribution in [3.8, 4) is 6.07 Å². The molecule has 130 valence electrons. The first-order chi connectivity index (χ1) is 12.6. The van der Waals surface area contributed by atoms with Crippen LogP contribution in [0.25, 0.3) is 0 Å². The molecular weight excluding hydrogens is 366 g/mol. The second-order valence-electron chi connectivity index (χ2n) is 5.74. The van der Waals surface area contributed by atoms with Crippen molar-refractivity contribution in [1.29, 1.82) is 5.26 Å². The van der Waals surface area contributed by atoms with Gasteiger partial charge in [0.25, 0.3) is 0 Å². The lowest BCUT2D eigenvalue weighted by atomic mass is 10.1. The van der Waals surface area contributed by atoms with Crippen LogP contribution in [0.2, 0.25) is 5.02 Å². The van der Waals surface area contributed by atoms with Gasteiger partial charge in [-0.1, -0.05) is 23.7 Å². The molecule has 0 spiro atoms. The van der Waals surface area contributed by atoms with Crippen molar-refractivity contribution >= 4 is 40.0 Å². The van der Waals surface area contributed by atoms with Gasteiger partial charge in [0, 0.05) is 22.1 Å². The summed E-state index contributed by atoms with van der Waals surface area (Å²) in [6.07, 6.45) is 1.58. The predicted octanol–water partition coefficient (Wildman–Crippen LogP) is 5.17. The summed E-state index contributed by atoms with van der Waals surface area (Å²) in [5.74, 6) is 0. The maximum atomic E-state index is 11.2. The number of hydrogen-bond donors (Lipinski definition) is 0. The summed E-state index contributed by atoms with van der Waals surface area (Å²) in [7, 11) is 0. The van der Waals surface area contributed by atoms with Gasteiger partial charge >= 0.3 is 0 Å². The van der Waals surface area contributed by atoms with Crippen molar-refractivity contribution in [3.63, 3.8) is 0 Å². The number of aldehydes is 1. The van der Waals surface area contributed by atoms with Crippen molar-refractivity contribution in [1.82, 2.24) is 4.98 Å². The highest BCUT2D eigenvalue weighted by molar-refractivity contribution is 7.15. The van der Waals surface area contributed by atoms with Crippen LogP contribution < -0.4 is 4.90 Å². The van der Waals surface area contributed by atoms with Gasteiger partial charge in [-0.3, -0.25) is 4.79 Å². The highest BCUT2D eigenvalue weighted by atomic mass is 35.5. The number of carbonyl (C=O) groups excluding carboxylic acids is 1. The molecule has 0 atom stereocenters. The summed E-state index contributed by atoms with van der Waals surface area (Å²) >= 11 is 7.44. The van der Waals surface area contributed by atoms with E-state index in [0.717, 1.165) is 34.0 Å². The number of nitriles is 1. The summed E-state index contributed by atoms with van der Waals surface area (Å²) in [5.41, 5.74) is 3.17. The SMILES string of the molecule is Cc1sc(N(CCc2ccc(Cl)cc2)c2ccc(C#N)cc2)nc1C=O. The van der Waals surface area contributed by atoms with Crippen molar-refractivity contribution in [2.75, 3.05) is 11.4 Å². The highest BCUT2D eigenvalue weighted by Gasteiger charge is 2.16. The molecule has 2 aromatic carbocycles. The third kappa shape index (κ3) is 4.10. The standard InChI is InChI=1S/C20H16ClN3OS/c1-14-19(13-25)23-20(26-14)24(18-8-4-16(12-22)5-9-18)11-10-15-2-6-17(21)7-3-15/h2-9,13H,10-11H2,1H3. The van der Waals surface area contributed by atoms with Crippen molar-refractivity contribution in [2.24, 2.45) is 0 Å². The van der Waals surface area contributed by atoms with Gasteiger partial charge in [0.15, 0.2) is 11.4 Å². The molecule has 4 nitrogen and oxygen atoms in total. The molecule has 0 saturated heterocycles. The Bertz CT molecular complexity index is 943. The van der Waals surface area contributed by atoms with Crippen LogP contribution in [0, 0.1) is 18.3 Å². The monoisotopic (exact) mass is 381 g/mol. The number of aryl methyl sites for hydroxylation is 1. The van der Waals surface area contributed by atoms with E-state index in [-0.39, 0.29) is 0 Å². The first-order valence-corrected chi connectivity index (χ1v) is 9.25. The number of hydrogen-bond acceptors (Lipinski definition) is 5. The minimum Gasteiger partial charge on any atom is -0.317 e. The van der Waals surface area contributed by atoms with Gasteiger partial charge in [-0.25, -0.2) is 4.98 Å². The minimum absolute atomic E-state index is 0.468. The molecule has 0 amide bonds. The van der Waals surface area contributed by atoms with Crippen LogP contribution in [0.5, 0.6) is 0 Å². The maximum Gasteiger partial charge on any atom is 0.190 e. The van der Waals surface area contributed by atoms with E-state index in [1.165, 1.54) is 11.3 Å². The van der Waals surface area contributed by atoms with E-state index < -0.39 is 0 Å². The Morgan fingerprint density at radius 3 is 2.46 bits per heavy atom. The number of thiazole rings is 1. The normalized spacial score (nSPS) is 10.3. The van der Waals surface area contributed by atoms with Gasteiger partial charge < -0.3 is 4.90 Å². The summed E-state index contributed by atoms with van der Waals surface area (Å²) in [4.78, 5) is 18.6. The van der Waals surface area contributed by atoms with Crippen LogP contribution in [-0.4, -0.2) is 17.8 Å². The van der Waals surface area contributed by atoms with E-state index in [1.54, 1.807) is 12.1 Å². The van der Waals surface area contributed by atoms with E-state index in [1.807, 2.05) is 43.3 Å². The third-order valence-corrected chi connectivity index (χ3v) is 5.27. The molecule has 3 aromatic rings. The molecule has 6 heteroatoms. The molecule has 1 heterocycles. The zero-order chi connectivity index (χ0) is 18.5. The van der Waals surface area contributed by atoms with E-state index >= 15 is 0 Å². The lowest BCUT2D eigenvalue weighted by Gasteiger charge is -2.22. The number of halogens is 1. The van der Waals surface area contributed by atoms with Crippen LogP contribution in [-0.2, 0) is 6.42 Å². The van der Waals surface area contributed by atoms with Crippen LogP contribution in [0.4, 0.5) is 10.8 Å². The van der Waals surface area contributed by atoms with Gasteiger partial charge in [-0.2, -0.15) is 5.26 Å². The number of rotatable bonds is 6. The highest BCUT2D eigenvalue weighted by Crippen LogP contribution is 2.31. The fourth-order valence-electron chi connectivity index (χ4n) is 2.56. The number of aromatic nitrogens is 1. The molecule has 0 radical (unpaired) electrons. The Morgan fingerprint density at radius 2 is 1.88 bits per heavy atom. The lowest BCUT2D eigenvalue weighted by Crippen LogP contribution is -2.20. The molecular formula is C20H16ClN3OS. The molecule has 0 unspecified atom stereocenters. The molecule has 3 rings (SSSR count). The van der Waals surface area contributed by atoms with Crippen molar-refractivity contribution in [2.45, 2.75) is 13.3 Å². The topological polar surface area (TPSA) is 57.0 Å². The van der Waals surface area contributed by atoms with Gasteiger partial charge in [-0.05, 0) is 55.3 Å². The average molecular weight is 382 g/mol. The predicted molar refractivity (Wildman–Crippen MR) is 106 cm³/mol. The zero-order valence-electron chi connectivity index (χ0n) is 14.1. The van der Waals surface area contributed by atoms with E-state index in [2.05, 4.69) is 16.0 Å². The Hall–Kier alpha value is -2.68. The van der Waals surface area contributed by atoms with Gasteiger partial charge in [0.1, 0.15) is 5.69 Å². The Balaban J connectivity index is 1.90. The van der Waals surface area contributed by atoms with E-state index in [0.29, 0.717) is 22.8 Å². The lowest BCUT2D eigenvalue weighted by molar-refractivity contribution is 0.111. The molecule has 0 bridgehead atoms. The van der Waals surface area contributed by atoms with Crippen LogP contribution in [0.15, 0.2) is 48.5 Å². The summed E-state index contributed by atoms with van der Waals surface area (Å²) in [6.45, 7) is 2.58. The minimum atomic E-state index is 0.468. The second kappa shape index (κ2) is 8.13. The molecule has 26 heavy (non-hydrogen) atoms. The molecule has 0 N–H and O–H groups in total. The molecule has 0 fully saturated rings. The second-order valence-corrected chi connectivity index (χ2v) is 7.36. The fourth-order valence-corrected chi connectivity index (χ4v) is 3.61. The molecule has 0 aliphatic carbocycles. The number of nitrogens with zero attached hydrogens (tertiary/aromatic N) is 3. The van der Waals surface area contributed by atoms with Crippen LogP contribution in [0.1, 0.15) is 26.5 Å².